The molecule has 5 rings (SSSR count). The first-order valence-electron chi connectivity index (χ1n) is 9.73. The average molecular weight is 465 g/mol. The number of aromatic amines is 1. The quantitative estimate of drug-likeness (QED) is 0.340. The van der Waals surface area contributed by atoms with E-state index in [-0.39, 0.29) is 11.6 Å². The zero-order valence-electron chi connectivity index (χ0n) is 16.7. The molecule has 2 aromatic heterocycles. The van der Waals surface area contributed by atoms with Gasteiger partial charge in [0, 0.05) is 16.6 Å². The molecule has 0 fully saturated rings. The van der Waals surface area contributed by atoms with Gasteiger partial charge in [0.2, 0.25) is 0 Å². The number of hydrogen-bond acceptors (Lipinski definition) is 5. The number of carbonyl (C=O) groups excluding carboxylic acids is 1. The topological polar surface area (TPSA) is 83.6 Å². The van der Waals surface area contributed by atoms with Gasteiger partial charge in [-0.05, 0) is 53.0 Å². The first kappa shape index (κ1) is 20.8. The van der Waals surface area contributed by atoms with Crippen molar-refractivity contribution in [2.24, 2.45) is 0 Å². The highest BCUT2D eigenvalue weighted by atomic mass is 32.1. The van der Waals surface area contributed by atoms with Gasteiger partial charge in [0.25, 0.3) is 5.91 Å². The van der Waals surface area contributed by atoms with Crippen LogP contribution < -0.4 is 5.32 Å². The lowest BCUT2D eigenvalue weighted by Crippen LogP contribution is -2.12. The molecule has 0 aliphatic heterocycles. The van der Waals surface area contributed by atoms with Gasteiger partial charge in [-0.3, -0.25) is 4.79 Å². The van der Waals surface area contributed by atoms with E-state index in [1.54, 1.807) is 11.4 Å². The number of hydrogen-bond donors (Lipinski definition) is 2. The van der Waals surface area contributed by atoms with Crippen LogP contribution in [0.15, 0.2) is 72.1 Å². The van der Waals surface area contributed by atoms with Gasteiger partial charge in [-0.1, -0.05) is 40.9 Å². The number of aromatic nitrogens is 4. The highest BCUT2D eigenvalue weighted by Crippen LogP contribution is 2.32. The fourth-order valence-electron chi connectivity index (χ4n) is 3.38. The van der Waals surface area contributed by atoms with Crippen LogP contribution in [0, 0.1) is 0 Å². The molecule has 2 heterocycles. The van der Waals surface area contributed by atoms with Crippen molar-refractivity contribution in [1.82, 2.24) is 19.6 Å². The monoisotopic (exact) mass is 465 g/mol. The summed E-state index contributed by atoms with van der Waals surface area (Å²) in [7, 11) is 0. The summed E-state index contributed by atoms with van der Waals surface area (Å²) in [5, 5.41) is 8.12. The third-order valence-electron chi connectivity index (χ3n) is 5.01. The van der Waals surface area contributed by atoms with E-state index in [2.05, 4.69) is 24.9 Å². The molecule has 10 heteroatoms. The van der Waals surface area contributed by atoms with Crippen LogP contribution >= 0.6 is 11.5 Å². The van der Waals surface area contributed by atoms with Crippen LogP contribution in [0.2, 0.25) is 0 Å². The smallest absolute Gasteiger partial charge is 0.338 e. The lowest BCUT2D eigenvalue weighted by Gasteiger charge is -2.07. The van der Waals surface area contributed by atoms with Crippen LogP contribution in [-0.2, 0) is 6.18 Å². The number of imidazole rings is 1. The number of anilines is 1. The molecule has 0 aliphatic rings. The third-order valence-corrected chi connectivity index (χ3v) is 5.52. The Hall–Kier alpha value is -4.05. The van der Waals surface area contributed by atoms with Gasteiger partial charge < -0.3 is 10.3 Å². The van der Waals surface area contributed by atoms with Crippen molar-refractivity contribution in [3.05, 3.63) is 83.4 Å². The van der Waals surface area contributed by atoms with Crippen molar-refractivity contribution in [2.75, 3.05) is 5.32 Å². The van der Waals surface area contributed by atoms with Gasteiger partial charge in [0.05, 0.1) is 16.6 Å². The fourth-order valence-corrected chi connectivity index (χ4v) is 3.81. The maximum Gasteiger partial charge on any atom is 0.416 e. The normalized spacial score (nSPS) is 11.6. The maximum atomic E-state index is 13.0. The number of alkyl halides is 3. The number of benzene rings is 3. The lowest BCUT2D eigenvalue weighted by molar-refractivity contribution is -0.137. The Kier molecular flexibility index (Phi) is 5.14. The van der Waals surface area contributed by atoms with Gasteiger partial charge in [-0.15, -0.1) is 5.10 Å². The predicted octanol–water partition coefficient (Wildman–Crippen LogP) is 6.02. The Balaban J connectivity index is 1.38. The van der Waals surface area contributed by atoms with E-state index in [0.29, 0.717) is 22.5 Å². The van der Waals surface area contributed by atoms with E-state index in [9.17, 15) is 18.0 Å². The Bertz CT molecular complexity index is 1440. The Morgan fingerprint density at radius 3 is 2.45 bits per heavy atom. The SMILES string of the molecule is O=C(Nc1cccc(-c2ccc(-c3nc4ccc(C(F)(F)F)cc4[nH]3)cc2)c1)c1csnn1. The number of H-pyrrole nitrogens is 1. The minimum absolute atomic E-state index is 0.253. The van der Waals surface area contributed by atoms with Crippen LogP contribution in [0.3, 0.4) is 0 Å². The highest BCUT2D eigenvalue weighted by Gasteiger charge is 2.30. The number of nitrogens with one attached hydrogen (secondary N) is 2. The molecule has 0 spiro atoms. The molecule has 5 aromatic rings. The minimum atomic E-state index is -4.41. The molecule has 33 heavy (non-hydrogen) atoms. The fraction of sp³-hybridized carbons (Fsp3) is 0.0435. The molecule has 0 unspecified atom stereocenters. The molecule has 0 radical (unpaired) electrons. The summed E-state index contributed by atoms with van der Waals surface area (Å²) in [6.45, 7) is 0. The molecule has 1 amide bonds. The molecular weight excluding hydrogens is 451 g/mol. The van der Waals surface area contributed by atoms with E-state index in [1.165, 1.54) is 6.07 Å². The lowest BCUT2D eigenvalue weighted by atomic mass is 10.0. The van der Waals surface area contributed by atoms with Crippen molar-refractivity contribution in [2.45, 2.75) is 6.18 Å². The molecule has 164 valence electrons. The second-order valence-corrected chi connectivity index (χ2v) is 7.83. The molecule has 0 bridgehead atoms. The van der Waals surface area contributed by atoms with Crippen molar-refractivity contribution in [3.63, 3.8) is 0 Å². The minimum Gasteiger partial charge on any atom is -0.338 e. The first-order chi connectivity index (χ1) is 15.9. The second kappa shape index (κ2) is 8.14. The van der Waals surface area contributed by atoms with E-state index in [1.807, 2.05) is 42.5 Å². The Labute approximate surface area is 189 Å². The summed E-state index contributed by atoms with van der Waals surface area (Å²) < 4.78 is 42.6. The van der Waals surface area contributed by atoms with Crippen LogP contribution in [0.5, 0.6) is 0 Å². The average Bonchev–Trinajstić information content (AvgIpc) is 3.48. The summed E-state index contributed by atoms with van der Waals surface area (Å²) in [4.78, 5) is 19.6. The molecule has 0 atom stereocenters. The van der Waals surface area contributed by atoms with Crippen molar-refractivity contribution in [1.29, 1.82) is 0 Å². The predicted molar refractivity (Wildman–Crippen MR) is 120 cm³/mol. The molecule has 0 saturated carbocycles. The van der Waals surface area contributed by atoms with Crippen LogP contribution in [0.1, 0.15) is 16.1 Å². The second-order valence-electron chi connectivity index (χ2n) is 7.22. The van der Waals surface area contributed by atoms with Gasteiger partial charge in [0.1, 0.15) is 5.82 Å². The molecule has 0 aliphatic carbocycles. The van der Waals surface area contributed by atoms with Crippen molar-refractivity contribution >= 4 is 34.2 Å². The standard InChI is InChI=1S/C23H14F3N5OS/c24-23(25,26)16-8-9-18-19(11-16)29-21(28-18)14-6-4-13(5-7-14)15-2-1-3-17(10-15)27-22(32)20-12-33-31-30-20/h1-12H,(H,27,32)(H,28,29). The number of fused-ring (bicyclic) bond motifs is 1. The van der Waals surface area contributed by atoms with E-state index in [4.69, 9.17) is 0 Å². The van der Waals surface area contributed by atoms with Gasteiger partial charge >= 0.3 is 6.18 Å². The van der Waals surface area contributed by atoms with Crippen molar-refractivity contribution in [3.8, 4) is 22.5 Å². The molecule has 6 nitrogen and oxygen atoms in total. The molecular formula is C23H14F3N5OS. The van der Waals surface area contributed by atoms with Crippen LogP contribution in [0.4, 0.5) is 18.9 Å². The largest absolute Gasteiger partial charge is 0.416 e. The number of carbonyl (C=O) groups is 1. The Morgan fingerprint density at radius 1 is 0.939 bits per heavy atom. The number of rotatable bonds is 4. The Morgan fingerprint density at radius 2 is 1.73 bits per heavy atom. The van der Waals surface area contributed by atoms with Crippen LogP contribution in [0.25, 0.3) is 33.5 Å². The zero-order valence-corrected chi connectivity index (χ0v) is 17.5. The van der Waals surface area contributed by atoms with Crippen LogP contribution in [-0.4, -0.2) is 25.5 Å². The summed E-state index contributed by atoms with van der Waals surface area (Å²) in [5.74, 6) is 0.142. The van der Waals surface area contributed by atoms with Crippen molar-refractivity contribution < 1.29 is 18.0 Å². The summed E-state index contributed by atoms with van der Waals surface area (Å²) in [6, 6.07) is 18.2. The van der Waals surface area contributed by atoms with E-state index < -0.39 is 11.7 Å². The molecule has 0 saturated heterocycles. The number of amides is 1. The summed E-state index contributed by atoms with van der Waals surface area (Å²) in [5.41, 5.74) is 3.46. The summed E-state index contributed by atoms with van der Waals surface area (Å²) in [6.07, 6.45) is -4.41. The zero-order chi connectivity index (χ0) is 23.0. The van der Waals surface area contributed by atoms with Gasteiger partial charge in [-0.2, -0.15) is 13.2 Å². The highest BCUT2D eigenvalue weighted by molar-refractivity contribution is 7.03. The van der Waals surface area contributed by atoms with Gasteiger partial charge in [0.15, 0.2) is 5.69 Å². The van der Waals surface area contributed by atoms with Gasteiger partial charge in [-0.25, -0.2) is 4.98 Å². The summed E-state index contributed by atoms with van der Waals surface area (Å²) >= 11 is 1.10. The molecule has 3 aromatic carbocycles. The van der Waals surface area contributed by atoms with E-state index >= 15 is 0 Å². The van der Waals surface area contributed by atoms with E-state index in [0.717, 1.165) is 40.4 Å². The third kappa shape index (κ3) is 4.33. The number of halogens is 3. The number of nitrogens with zero attached hydrogens (tertiary/aromatic N) is 3. The first-order valence-corrected chi connectivity index (χ1v) is 10.6. The maximum absolute atomic E-state index is 13.0. The molecule has 2 N–H and O–H groups in total.